The van der Waals surface area contributed by atoms with E-state index in [0.29, 0.717) is 6.04 Å². The molecule has 4 nitrogen and oxygen atoms in total. The first-order chi connectivity index (χ1) is 6.87. The Morgan fingerprint density at radius 1 is 1.44 bits per heavy atom. The molecule has 96 valence electrons. The lowest BCUT2D eigenvalue weighted by Gasteiger charge is -2.29. The summed E-state index contributed by atoms with van der Waals surface area (Å²) in [6.07, 6.45) is 1.64. The summed E-state index contributed by atoms with van der Waals surface area (Å²) in [4.78, 5) is 11.5. The van der Waals surface area contributed by atoms with Crippen LogP contribution in [0, 0.1) is 0 Å². The number of rotatable bonds is 1. The molecule has 0 radical (unpaired) electrons. The van der Waals surface area contributed by atoms with Gasteiger partial charge in [-0.25, -0.2) is 4.79 Å². The molecule has 0 saturated carbocycles. The average molecular weight is 251 g/mol. The van der Waals surface area contributed by atoms with Gasteiger partial charge in [-0.3, -0.25) is 0 Å². The zero-order valence-corrected chi connectivity index (χ0v) is 11.3. The van der Waals surface area contributed by atoms with Crippen LogP contribution in [0.1, 0.15) is 40.5 Å². The van der Waals surface area contributed by atoms with Gasteiger partial charge in [-0.2, -0.15) is 0 Å². The van der Waals surface area contributed by atoms with Gasteiger partial charge in [0.05, 0.1) is 0 Å². The maximum Gasteiger partial charge on any atom is 0.407 e. The molecule has 0 aromatic rings. The summed E-state index contributed by atoms with van der Waals surface area (Å²) < 4.78 is 5.21. The van der Waals surface area contributed by atoms with Crippen LogP contribution in [-0.2, 0) is 4.74 Å². The summed E-state index contributed by atoms with van der Waals surface area (Å²) in [6, 6.07) is 0.717. The smallest absolute Gasteiger partial charge is 0.407 e. The predicted octanol–water partition coefficient (Wildman–Crippen LogP) is 2.07. The summed E-state index contributed by atoms with van der Waals surface area (Å²) >= 11 is 0. The molecular weight excluding hydrogens is 228 g/mol. The van der Waals surface area contributed by atoms with Crippen LogP contribution >= 0.6 is 12.4 Å². The monoisotopic (exact) mass is 250 g/mol. The van der Waals surface area contributed by atoms with Crippen molar-refractivity contribution in [2.45, 2.75) is 58.2 Å². The fourth-order valence-electron chi connectivity index (χ4n) is 1.74. The maximum absolute atomic E-state index is 11.5. The largest absolute Gasteiger partial charge is 0.444 e. The van der Waals surface area contributed by atoms with Crippen LogP contribution in [0.3, 0.4) is 0 Å². The Bertz CT molecular complexity index is 229. The van der Waals surface area contributed by atoms with Crippen molar-refractivity contribution < 1.29 is 9.53 Å². The fraction of sp³-hybridized carbons (Fsp3) is 0.909. The molecule has 1 rings (SSSR count). The van der Waals surface area contributed by atoms with E-state index in [1.165, 1.54) is 0 Å². The molecule has 1 aliphatic heterocycles. The Balaban J connectivity index is 0.00000225. The first-order valence-corrected chi connectivity index (χ1v) is 5.60. The normalized spacial score (nSPS) is 25.5. The fourth-order valence-corrected chi connectivity index (χ4v) is 1.74. The minimum atomic E-state index is -0.414. The molecule has 0 aliphatic carbocycles. The molecule has 1 saturated heterocycles. The Morgan fingerprint density at radius 3 is 2.56 bits per heavy atom. The van der Waals surface area contributed by atoms with E-state index in [0.717, 1.165) is 19.4 Å². The second-order valence-electron chi connectivity index (χ2n) is 5.22. The molecule has 2 atom stereocenters. The number of amides is 1. The summed E-state index contributed by atoms with van der Waals surface area (Å²) in [6.45, 7) is 8.71. The first-order valence-electron chi connectivity index (χ1n) is 5.60. The van der Waals surface area contributed by atoms with Gasteiger partial charge in [0.15, 0.2) is 0 Å². The number of hydrogen-bond acceptors (Lipinski definition) is 3. The van der Waals surface area contributed by atoms with Gasteiger partial charge in [0.25, 0.3) is 0 Å². The van der Waals surface area contributed by atoms with E-state index in [1.54, 1.807) is 0 Å². The number of piperidine rings is 1. The van der Waals surface area contributed by atoms with E-state index in [4.69, 9.17) is 4.74 Å². The molecule has 5 heteroatoms. The van der Waals surface area contributed by atoms with E-state index in [2.05, 4.69) is 17.6 Å². The van der Waals surface area contributed by atoms with E-state index in [-0.39, 0.29) is 24.5 Å². The van der Waals surface area contributed by atoms with Gasteiger partial charge < -0.3 is 15.4 Å². The maximum atomic E-state index is 11.5. The third-order valence-electron chi connectivity index (χ3n) is 2.34. The topological polar surface area (TPSA) is 50.4 Å². The van der Waals surface area contributed by atoms with E-state index in [9.17, 15) is 4.79 Å². The summed E-state index contributed by atoms with van der Waals surface area (Å²) in [5, 5.41) is 6.25. The second-order valence-corrected chi connectivity index (χ2v) is 5.22. The third-order valence-corrected chi connectivity index (χ3v) is 2.34. The van der Waals surface area contributed by atoms with Crippen molar-refractivity contribution in [3.05, 3.63) is 0 Å². The molecule has 16 heavy (non-hydrogen) atoms. The third kappa shape index (κ3) is 6.18. The summed E-state index contributed by atoms with van der Waals surface area (Å²) in [5.74, 6) is 0. The van der Waals surface area contributed by atoms with Crippen LogP contribution in [0.4, 0.5) is 4.79 Å². The van der Waals surface area contributed by atoms with Gasteiger partial charge in [0.1, 0.15) is 5.60 Å². The van der Waals surface area contributed by atoms with Crippen molar-refractivity contribution in [2.24, 2.45) is 0 Å². The minimum Gasteiger partial charge on any atom is -0.444 e. The Labute approximate surface area is 104 Å². The van der Waals surface area contributed by atoms with Crippen molar-refractivity contribution in [3.8, 4) is 0 Å². The molecule has 1 heterocycles. The lowest BCUT2D eigenvalue weighted by Crippen LogP contribution is -2.47. The highest BCUT2D eigenvalue weighted by Crippen LogP contribution is 2.11. The summed E-state index contributed by atoms with van der Waals surface area (Å²) in [7, 11) is 0. The van der Waals surface area contributed by atoms with Gasteiger partial charge in [-0.1, -0.05) is 0 Å². The number of nitrogens with one attached hydrogen (secondary N) is 2. The van der Waals surface area contributed by atoms with Crippen LogP contribution in [0.15, 0.2) is 0 Å². The SMILES string of the molecule is C[C@@H]1C[C@@H](NC(=O)OC(C)(C)C)CCN1.Cl. The molecule has 0 spiro atoms. The Kier molecular flexibility index (Phi) is 6.11. The number of halogens is 1. The Morgan fingerprint density at radius 2 is 2.06 bits per heavy atom. The number of carbonyl (C=O) groups is 1. The molecule has 1 amide bonds. The van der Waals surface area contributed by atoms with Crippen molar-refractivity contribution in [1.82, 2.24) is 10.6 Å². The minimum absolute atomic E-state index is 0. The van der Waals surface area contributed by atoms with Crippen molar-refractivity contribution in [3.63, 3.8) is 0 Å². The first kappa shape index (κ1) is 15.5. The molecular formula is C11H23ClN2O2. The zero-order chi connectivity index (χ0) is 11.5. The molecule has 0 unspecified atom stereocenters. The van der Waals surface area contributed by atoms with Crippen LogP contribution in [0.25, 0.3) is 0 Å². The number of ether oxygens (including phenoxy) is 1. The molecule has 0 bridgehead atoms. The van der Waals surface area contributed by atoms with Crippen LogP contribution in [-0.4, -0.2) is 30.3 Å². The van der Waals surface area contributed by atoms with Gasteiger partial charge in [-0.05, 0) is 47.1 Å². The lowest BCUT2D eigenvalue weighted by atomic mass is 10.0. The van der Waals surface area contributed by atoms with Gasteiger partial charge in [0, 0.05) is 12.1 Å². The zero-order valence-electron chi connectivity index (χ0n) is 10.5. The Hall–Kier alpha value is -0.480. The molecule has 2 N–H and O–H groups in total. The van der Waals surface area contributed by atoms with Crippen LogP contribution in [0.2, 0.25) is 0 Å². The van der Waals surface area contributed by atoms with E-state index < -0.39 is 5.60 Å². The van der Waals surface area contributed by atoms with E-state index >= 15 is 0 Å². The quantitative estimate of drug-likeness (QED) is 0.749. The lowest BCUT2D eigenvalue weighted by molar-refractivity contribution is 0.0491. The average Bonchev–Trinajstić information content (AvgIpc) is 1.99. The molecule has 0 aromatic carbocycles. The van der Waals surface area contributed by atoms with Gasteiger partial charge >= 0.3 is 6.09 Å². The van der Waals surface area contributed by atoms with E-state index in [1.807, 2.05) is 20.8 Å². The number of alkyl carbamates (subject to hydrolysis) is 1. The highest BCUT2D eigenvalue weighted by Gasteiger charge is 2.22. The van der Waals surface area contributed by atoms with Crippen LogP contribution in [0.5, 0.6) is 0 Å². The van der Waals surface area contributed by atoms with Gasteiger partial charge in [0.2, 0.25) is 0 Å². The second kappa shape index (κ2) is 6.30. The molecule has 0 aromatic heterocycles. The standard InChI is InChI=1S/C11H22N2O2.ClH/c1-8-7-9(5-6-12-8)13-10(14)15-11(2,3)4;/h8-9,12H,5-7H2,1-4H3,(H,13,14);1H/t8-,9+;/m1./s1. The molecule has 1 fully saturated rings. The van der Waals surface area contributed by atoms with Crippen molar-refractivity contribution in [2.75, 3.05) is 6.54 Å². The van der Waals surface area contributed by atoms with Crippen LogP contribution < -0.4 is 10.6 Å². The highest BCUT2D eigenvalue weighted by molar-refractivity contribution is 5.85. The van der Waals surface area contributed by atoms with Crippen molar-refractivity contribution >= 4 is 18.5 Å². The van der Waals surface area contributed by atoms with Crippen molar-refractivity contribution in [1.29, 1.82) is 0 Å². The summed E-state index contributed by atoms with van der Waals surface area (Å²) in [5.41, 5.74) is -0.414. The highest BCUT2D eigenvalue weighted by atomic mass is 35.5. The molecule has 1 aliphatic rings. The van der Waals surface area contributed by atoms with Gasteiger partial charge in [-0.15, -0.1) is 12.4 Å². The number of carbonyl (C=O) groups excluding carboxylic acids is 1. The predicted molar refractivity (Wildman–Crippen MR) is 67.1 cm³/mol. The number of hydrogen-bond donors (Lipinski definition) is 2.